The molecule has 0 spiro atoms. The summed E-state index contributed by atoms with van der Waals surface area (Å²) in [7, 11) is 0. The molecule has 1 aliphatic heterocycles. The Labute approximate surface area is 160 Å². The predicted octanol–water partition coefficient (Wildman–Crippen LogP) is 5.57. The quantitative estimate of drug-likeness (QED) is 0.287. The van der Waals surface area contributed by atoms with Crippen molar-refractivity contribution < 1.29 is 14.7 Å². The lowest BCUT2D eigenvalue weighted by molar-refractivity contribution is -0.137. The van der Waals surface area contributed by atoms with Gasteiger partial charge in [0.05, 0.1) is 5.92 Å². The Bertz CT molecular complexity index is 420. The summed E-state index contributed by atoms with van der Waals surface area (Å²) >= 11 is 0. The Morgan fingerprint density at radius 1 is 1.04 bits per heavy atom. The van der Waals surface area contributed by atoms with E-state index in [4.69, 9.17) is 5.11 Å². The number of aliphatic carboxylic acids is 1. The summed E-state index contributed by atoms with van der Waals surface area (Å²) in [5.74, 6) is -0.401. The van der Waals surface area contributed by atoms with Crippen molar-refractivity contribution in [1.29, 1.82) is 0 Å². The van der Waals surface area contributed by atoms with Crippen molar-refractivity contribution in [3.05, 3.63) is 12.2 Å². The van der Waals surface area contributed by atoms with Gasteiger partial charge in [-0.2, -0.15) is 0 Å². The number of likely N-dealkylation sites (tertiary alicyclic amines) is 1. The predicted molar refractivity (Wildman–Crippen MR) is 107 cm³/mol. The van der Waals surface area contributed by atoms with E-state index in [1.165, 1.54) is 51.4 Å². The molecule has 1 unspecified atom stereocenters. The maximum Gasteiger partial charge on any atom is 0.303 e. The molecule has 0 aromatic carbocycles. The van der Waals surface area contributed by atoms with Gasteiger partial charge in [-0.25, -0.2) is 0 Å². The zero-order valence-corrected chi connectivity index (χ0v) is 16.8. The molecule has 1 rings (SSSR count). The molecule has 0 aromatic rings. The van der Waals surface area contributed by atoms with Crippen molar-refractivity contribution in [2.45, 2.75) is 96.8 Å². The van der Waals surface area contributed by atoms with E-state index in [1.54, 1.807) is 0 Å². The highest BCUT2D eigenvalue weighted by Gasteiger charge is 2.28. The highest BCUT2D eigenvalue weighted by Crippen LogP contribution is 2.20. The van der Waals surface area contributed by atoms with Gasteiger partial charge in [-0.1, -0.05) is 70.4 Å². The first-order chi connectivity index (χ1) is 12.6. The van der Waals surface area contributed by atoms with E-state index in [-0.39, 0.29) is 18.2 Å². The van der Waals surface area contributed by atoms with Crippen molar-refractivity contribution >= 4 is 11.9 Å². The Morgan fingerprint density at radius 3 is 2.38 bits per heavy atom. The smallest absolute Gasteiger partial charge is 0.303 e. The summed E-state index contributed by atoms with van der Waals surface area (Å²) in [5, 5.41) is 8.62. The lowest BCUT2D eigenvalue weighted by atomic mass is 10.0. The van der Waals surface area contributed by atoms with Crippen molar-refractivity contribution in [2.24, 2.45) is 5.92 Å². The van der Waals surface area contributed by atoms with Crippen LogP contribution in [0, 0.1) is 5.92 Å². The lowest BCUT2D eigenvalue weighted by Gasteiger charge is -2.15. The highest BCUT2D eigenvalue weighted by molar-refractivity contribution is 5.82. The highest BCUT2D eigenvalue weighted by atomic mass is 16.4. The maximum atomic E-state index is 12.3. The third-order valence-electron chi connectivity index (χ3n) is 5.25. The molecule has 4 heteroatoms. The summed E-state index contributed by atoms with van der Waals surface area (Å²) in [6, 6.07) is 0. The topological polar surface area (TPSA) is 57.6 Å². The number of hydrogen-bond donors (Lipinski definition) is 1. The first-order valence-electron chi connectivity index (χ1n) is 10.8. The molecule has 0 aliphatic carbocycles. The molecule has 1 atom stereocenters. The lowest BCUT2D eigenvalue weighted by Crippen LogP contribution is -2.27. The zero-order valence-electron chi connectivity index (χ0n) is 16.8. The van der Waals surface area contributed by atoms with Gasteiger partial charge in [0, 0.05) is 19.5 Å². The number of carbonyl (C=O) groups is 2. The average molecular weight is 366 g/mol. The molecule has 0 saturated carbocycles. The molecule has 26 heavy (non-hydrogen) atoms. The Balaban J connectivity index is 2.03. The minimum absolute atomic E-state index is 0.0723. The number of amides is 1. The molecule has 1 amide bonds. The standard InChI is InChI=1S/C22H39NO3/c1-2-3-4-5-6-7-8-9-10-12-15-20-17-19-23(22(20)26)18-14-11-13-16-21(24)25/h12,15,20H,2-11,13-14,16-19H2,1H3,(H,24,25). The number of allylic oxidation sites excluding steroid dienone is 1. The minimum Gasteiger partial charge on any atom is -0.481 e. The van der Waals surface area contributed by atoms with Crippen molar-refractivity contribution in [2.75, 3.05) is 13.1 Å². The van der Waals surface area contributed by atoms with Crippen LogP contribution in [-0.4, -0.2) is 35.0 Å². The van der Waals surface area contributed by atoms with Gasteiger partial charge in [0.25, 0.3) is 0 Å². The van der Waals surface area contributed by atoms with E-state index in [1.807, 2.05) is 4.90 Å². The summed E-state index contributed by atoms with van der Waals surface area (Å²) in [6.45, 7) is 3.88. The van der Waals surface area contributed by atoms with Crippen molar-refractivity contribution in [3.63, 3.8) is 0 Å². The van der Waals surface area contributed by atoms with E-state index >= 15 is 0 Å². The van der Waals surface area contributed by atoms with Gasteiger partial charge in [0.15, 0.2) is 0 Å². The van der Waals surface area contributed by atoms with Crippen LogP contribution in [0.1, 0.15) is 96.8 Å². The molecule has 1 fully saturated rings. The third-order valence-corrected chi connectivity index (χ3v) is 5.25. The molecule has 0 radical (unpaired) electrons. The number of unbranched alkanes of at least 4 members (excludes halogenated alkanes) is 10. The number of carboxylic acid groups (broad SMARTS) is 1. The van der Waals surface area contributed by atoms with E-state index in [0.717, 1.165) is 38.8 Å². The number of rotatable bonds is 16. The summed E-state index contributed by atoms with van der Waals surface area (Å²) in [5.41, 5.74) is 0. The normalized spacial score (nSPS) is 17.5. The van der Waals surface area contributed by atoms with Crippen molar-refractivity contribution in [3.8, 4) is 0 Å². The van der Waals surface area contributed by atoms with Gasteiger partial charge in [0.1, 0.15) is 0 Å². The second kappa shape index (κ2) is 14.8. The van der Waals surface area contributed by atoms with E-state index in [9.17, 15) is 9.59 Å². The molecule has 4 nitrogen and oxygen atoms in total. The van der Waals surface area contributed by atoms with Crippen LogP contribution in [0.25, 0.3) is 0 Å². The molecular formula is C22H39NO3. The Morgan fingerprint density at radius 2 is 1.69 bits per heavy atom. The summed E-state index contributed by atoms with van der Waals surface area (Å²) < 4.78 is 0. The van der Waals surface area contributed by atoms with Crippen molar-refractivity contribution in [1.82, 2.24) is 4.90 Å². The molecule has 1 heterocycles. The molecule has 0 bridgehead atoms. The van der Waals surface area contributed by atoms with Crippen LogP contribution in [0.2, 0.25) is 0 Å². The molecular weight excluding hydrogens is 326 g/mol. The van der Waals surface area contributed by atoms with Crippen LogP contribution in [0.3, 0.4) is 0 Å². The number of carbonyl (C=O) groups excluding carboxylic acids is 1. The van der Waals surface area contributed by atoms with E-state index in [0.29, 0.717) is 6.42 Å². The number of carboxylic acids is 1. The summed E-state index contributed by atoms with van der Waals surface area (Å²) in [4.78, 5) is 24.8. The van der Waals surface area contributed by atoms with Gasteiger partial charge in [-0.15, -0.1) is 0 Å². The second-order valence-electron chi connectivity index (χ2n) is 7.62. The third kappa shape index (κ3) is 10.6. The largest absolute Gasteiger partial charge is 0.481 e. The van der Waals surface area contributed by atoms with Gasteiger partial charge in [-0.3, -0.25) is 9.59 Å². The van der Waals surface area contributed by atoms with Gasteiger partial charge in [-0.05, 0) is 32.1 Å². The van der Waals surface area contributed by atoms with Crippen LogP contribution in [0.4, 0.5) is 0 Å². The van der Waals surface area contributed by atoms with Gasteiger partial charge < -0.3 is 10.0 Å². The van der Waals surface area contributed by atoms with E-state index < -0.39 is 5.97 Å². The second-order valence-corrected chi connectivity index (χ2v) is 7.62. The Kier molecular flexibility index (Phi) is 12.9. The molecule has 1 saturated heterocycles. The monoisotopic (exact) mass is 365 g/mol. The van der Waals surface area contributed by atoms with Crippen LogP contribution in [0.15, 0.2) is 12.2 Å². The zero-order chi connectivity index (χ0) is 19.0. The van der Waals surface area contributed by atoms with Crippen LogP contribution >= 0.6 is 0 Å². The first-order valence-corrected chi connectivity index (χ1v) is 10.8. The average Bonchev–Trinajstić information content (AvgIpc) is 2.96. The Hall–Kier alpha value is -1.32. The van der Waals surface area contributed by atoms with Gasteiger partial charge >= 0.3 is 5.97 Å². The number of hydrogen-bond acceptors (Lipinski definition) is 2. The SMILES string of the molecule is CCCCCCCCCCC=CC1CCN(CCCCCC(=O)O)C1=O. The molecule has 0 aromatic heterocycles. The summed E-state index contributed by atoms with van der Waals surface area (Å²) in [6.07, 6.45) is 19.8. The molecule has 1 N–H and O–H groups in total. The molecule has 1 aliphatic rings. The van der Waals surface area contributed by atoms with Crippen LogP contribution in [0.5, 0.6) is 0 Å². The fourth-order valence-electron chi connectivity index (χ4n) is 3.58. The fourth-order valence-corrected chi connectivity index (χ4v) is 3.58. The number of nitrogens with zero attached hydrogens (tertiary/aromatic N) is 1. The van der Waals surface area contributed by atoms with E-state index in [2.05, 4.69) is 19.1 Å². The van der Waals surface area contributed by atoms with Crippen LogP contribution in [-0.2, 0) is 9.59 Å². The fraction of sp³-hybridized carbons (Fsp3) is 0.818. The minimum atomic E-state index is -0.732. The van der Waals surface area contributed by atoms with Gasteiger partial charge in [0.2, 0.25) is 5.91 Å². The maximum absolute atomic E-state index is 12.3. The molecule has 150 valence electrons. The van der Waals surface area contributed by atoms with Crippen LogP contribution < -0.4 is 0 Å². The first kappa shape index (κ1) is 22.7.